The zero-order valence-corrected chi connectivity index (χ0v) is 7.69. The van der Waals surface area contributed by atoms with Crippen LogP contribution >= 0.6 is 0 Å². The van der Waals surface area contributed by atoms with Gasteiger partial charge in [0.1, 0.15) is 13.2 Å². The van der Waals surface area contributed by atoms with Crippen molar-refractivity contribution in [2.75, 3.05) is 19.8 Å². The Hall–Kier alpha value is -1.12. The first-order chi connectivity index (χ1) is 6.22. The Labute approximate surface area is 77.6 Å². The molecule has 0 amide bonds. The molecule has 0 rings (SSSR count). The molecule has 0 heterocycles. The fourth-order valence-corrected chi connectivity index (χ4v) is 0.376. The largest absolute Gasteiger partial charge is 0.464 e. The molecule has 0 aromatic rings. The van der Waals surface area contributed by atoms with Crippen molar-refractivity contribution in [2.45, 2.75) is 19.8 Å². The number of hydrogen-bond acceptors (Lipinski definition) is 5. The van der Waals surface area contributed by atoms with Crippen LogP contribution in [-0.4, -0.2) is 36.0 Å². The van der Waals surface area contributed by atoms with E-state index in [0.29, 0.717) is 6.61 Å². The minimum absolute atomic E-state index is 0.375. The van der Waals surface area contributed by atoms with Gasteiger partial charge < -0.3 is 14.9 Å². The van der Waals surface area contributed by atoms with E-state index in [-0.39, 0.29) is 6.61 Å². The minimum atomic E-state index is -0.538. The topological polar surface area (TPSA) is 90.5 Å². The third-order valence-corrected chi connectivity index (χ3v) is 0.961. The van der Waals surface area contributed by atoms with E-state index in [2.05, 4.69) is 4.74 Å². The van der Waals surface area contributed by atoms with Gasteiger partial charge in [-0.2, -0.15) is 5.26 Å². The fourth-order valence-electron chi connectivity index (χ4n) is 0.376. The molecule has 5 heteroatoms. The first-order valence-corrected chi connectivity index (χ1v) is 3.97. The Balaban J connectivity index is 0. The second kappa shape index (κ2) is 13.5. The summed E-state index contributed by atoms with van der Waals surface area (Å²) in [5, 5.41) is 23.0. The SMILES string of the molecule is CCCCOC(=O)CO.N#CCO. The summed E-state index contributed by atoms with van der Waals surface area (Å²) in [6.45, 7) is 1.55. The molecule has 0 unspecified atom stereocenters. The maximum atomic E-state index is 10.2. The molecular weight excluding hydrogens is 174 g/mol. The highest BCUT2D eigenvalue weighted by Crippen LogP contribution is 1.87. The number of unbranched alkanes of at least 4 members (excludes halogenated alkanes) is 1. The Morgan fingerprint density at radius 1 is 1.54 bits per heavy atom. The first kappa shape index (κ1) is 14.4. The fraction of sp³-hybridized carbons (Fsp3) is 0.750. The third-order valence-electron chi connectivity index (χ3n) is 0.961. The summed E-state index contributed by atoms with van der Waals surface area (Å²) in [7, 11) is 0. The standard InChI is InChI=1S/C6H12O3.C2H3NO/c1-2-3-4-9-6(8)5-7;3-1-2-4/h7H,2-5H2,1H3;4H,2H2. The van der Waals surface area contributed by atoms with Crippen LogP contribution in [0.15, 0.2) is 0 Å². The molecular formula is C8H15NO4. The van der Waals surface area contributed by atoms with E-state index in [0.717, 1.165) is 12.8 Å². The van der Waals surface area contributed by atoms with E-state index in [4.69, 9.17) is 15.5 Å². The number of rotatable bonds is 4. The van der Waals surface area contributed by atoms with Crippen LogP contribution in [0.25, 0.3) is 0 Å². The Morgan fingerprint density at radius 2 is 2.08 bits per heavy atom. The van der Waals surface area contributed by atoms with Gasteiger partial charge in [-0.3, -0.25) is 0 Å². The van der Waals surface area contributed by atoms with Crippen molar-refractivity contribution in [3.8, 4) is 6.07 Å². The summed E-state index contributed by atoms with van der Waals surface area (Å²) >= 11 is 0. The molecule has 0 aromatic heterocycles. The number of aliphatic hydroxyl groups excluding tert-OH is 2. The molecule has 2 N–H and O–H groups in total. The highest BCUT2D eigenvalue weighted by Gasteiger charge is 1.95. The zero-order valence-electron chi connectivity index (χ0n) is 7.69. The quantitative estimate of drug-likeness (QED) is 0.364. The molecule has 0 bridgehead atoms. The van der Waals surface area contributed by atoms with Crippen LogP contribution in [0.3, 0.4) is 0 Å². The van der Waals surface area contributed by atoms with E-state index in [1.165, 1.54) is 6.07 Å². The van der Waals surface area contributed by atoms with Crippen LogP contribution in [0.5, 0.6) is 0 Å². The number of esters is 1. The maximum absolute atomic E-state index is 10.2. The van der Waals surface area contributed by atoms with Crippen molar-refractivity contribution in [1.29, 1.82) is 5.26 Å². The van der Waals surface area contributed by atoms with Crippen molar-refractivity contribution in [3.63, 3.8) is 0 Å². The van der Waals surface area contributed by atoms with Crippen LogP contribution < -0.4 is 0 Å². The van der Waals surface area contributed by atoms with E-state index in [9.17, 15) is 4.79 Å². The van der Waals surface area contributed by atoms with Crippen LogP contribution in [0.1, 0.15) is 19.8 Å². The zero-order chi connectivity index (χ0) is 10.5. The van der Waals surface area contributed by atoms with Crippen molar-refractivity contribution in [2.24, 2.45) is 0 Å². The molecule has 0 aliphatic heterocycles. The molecule has 0 aromatic carbocycles. The van der Waals surface area contributed by atoms with Gasteiger partial charge in [0.2, 0.25) is 0 Å². The molecule has 0 spiro atoms. The Morgan fingerprint density at radius 3 is 2.38 bits per heavy atom. The Bertz CT molecular complexity index is 153. The van der Waals surface area contributed by atoms with Crippen LogP contribution in [-0.2, 0) is 9.53 Å². The van der Waals surface area contributed by atoms with Crippen molar-refractivity contribution in [3.05, 3.63) is 0 Å². The summed E-state index contributed by atoms with van der Waals surface area (Å²) in [6.07, 6.45) is 1.87. The molecule has 0 fully saturated rings. The van der Waals surface area contributed by atoms with E-state index in [1.807, 2.05) is 6.92 Å². The highest BCUT2D eigenvalue weighted by atomic mass is 16.5. The molecule has 0 saturated heterocycles. The van der Waals surface area contributed by atoms with Gasteiger partial charge in [-0.15, -0.1) is 0 Å². The van der Waals surface area contributed by atoms with Crippen LogP contribution in [0.4, 0.5) is 0 Å². The van der Waals surface area contributed by atoms with Crippen LogP contribution in [0, 0.1) is 11.3 Å². The van der Waals surface area contributed by atoms with Crippen molar-refractivity contribution in [1.82, 2.24) is 0 Å². The molecule has 0 aliphatic rings. The molecule has 76 valence electrons. The molecule has 5 nitrogen and oxygen atoms in total. The van der Waals surface area contributed by atoms with E-state index >= 15 is 0 Å². The van der Waals surface area contributed by atoms with Gasteiger partial charge in [0.25, 0.3) is 0 Å². The van der Waals surface area contributed by atoms with Crippen LogP contribution in [0.2, 0.25) is 0 Å². The number of ether oxygens (including phenoxy) is 1. The minimum Gasteiger partial charge on any atom is -0.464 e. The molecule has 0 saturated carbocycles. The third kappa shape index (κ3) is 18.1. The average molecular weight is 189 g/mol. The number of carbonyl (C=O) groups is 1. The monoisotopic (exact) mass is 189 g/mol. The van der Waals surface area contributed by atoms with Gasteiger partial charge in [0.05, 0.1) is 12.7 Å². The number of aliphatic hydroxyl groups is 2. The van der Waals surface area contributed by atoms with Crippen molar-refractivity contribution >= 4 is 5.97 Å². The van der Waals surface area contributed by atoms with Gasteiger partial charge in [-0.25, -0.2) is 4.79 Å². The Kier molecular flexibility index (Phi) is 14.9. The molecule has 0 aliphatic carbocycles. The van der Waals surface area contributed by atoms with E-state index in [1.54, 1.807) is 0 Å². The lowest BCUT2D eigenvalue weighted by Gasteiger charge is -1.98. The lowest BCUT2D eigenvalue weighted by molar-refractivity contribution is -0.146. The van der Waals surface area contributed by atoms with Gasteiger partial charge in [-0.05, 0) is 6.42 Å². The molecule has 0 atom stereocenters. The smallest absolute Gasteiger partial charge is 0.331 e. The number of nitrogens with zero attached hydrogens (tertiary/aromatic N) is 1. The summed E-state index contributed by atoms with van der Waals surface area (Å²) in [5.41, 5.74) is 0. The molecule has 13 heavy (non-hydrogen) atoms. The van der Waals surface area contributed by atoms with E-state index < -0.39 is 12.6 Å². The highest BCUT2D eigenvalue weighted by molar-refractivity contribution is 5.70. The predicted molar refractivity (Wildman–Crippen MR) is 45.7 cm³/mol. The summed E-state index contributed by atoms with van der Waals surface area (Å²) in [4.78, 5) is 10.2. The summed E-state index contributed by atoms with van der Waals surface area (Å²) in [5.74, 6) is -0.538. The number of carbonyl (C=O) groups excluding carboxylic acids is 1. The average Bonchev–Trinajstić information content (AvgIpc) is 2.18. The number of hydrogen-bond donors (Lipinski definition) is 2. The van der Waals surface area contributed by atoms with Gasteiger partial charge in [-0.1, -0.05) is 13.3 Å². The first-order valence-electron chi connectivity index (χ1n) is 3.97. The lowest BCUT2D eigenvalue weighted by atomic mass is 10.4. The van der Waals surface area contributed by atoms with Gasteiger partial charge >= 0.3 is 5.97 Å². The van der Waals surface area contributed by atoms with Gasteiger partial charge in [0, 0.05) is 0 Å². The normalized spacial score (nSPS) is 7.85. The molecule has 0 radical (unpaired) electrons. The maximum Gasteiger partial charge on any atom is 0.331 e. The number of nitriles is 1. The second-order valence-electron chi connectivity index (χ2n) is 2.05. The van der Waals surface area contributed by atoms with Crippen molar-refractivity contribution < 1.29 is 19.7 Å². The summed E-state index contributed by atoms with van der Waals surface area (Å²) < 4.78 is 4.54. The predicted octanol–water partition coefficient (Wildman–Crippen LogP) is -0.176. The summed E-state index contributed by atoms with van der Waals surface area (Å²) in [6, 6.07) is 1.49. The second-order valence-corrected chi connectivity index (χ2v) is 2.05. The lowest BCUT2D eigenvalue weighted by Crippen LogP contribution is -2.09. The van der Waals surface area contributed by atoms with Gasteiger partial charge in [0.15, 0.2) is 0 Å².